The van der Waals surface area contributed by atoms with Gasteiger partial charge in [-0.2, -0.15) is 0 Å². The first-order valence-electron chi connectivity index (χ1n) is 8.42. The van der Waals surface area contributed by atoms with Crippen molar-refractivity contribution in [2.45, 2.75) is 26.8 Å². The normalized spacial score (nSPS) is 12.4. The van der Waals surface area contributed by atoms with Gasteiger partial charge in [0.1, 0.15) is 10.7 Å². The van der Waals surface area contributed by atoms with Gasteiger partial charge in [0.15, 0.2) is 0 Å². The first-order chi connectivity index (χ1) is 12.5. The van der Waals surface area contributed by atoms with E-state index in [1.165, 1.54) is 22.5 Å². The first kappa shape index (κ1) is 17.0. The van der Waals surface area contributed by atoms with Gasteiger partial charge >= 0.3 is 0 Å². The van der Waals surface area contributed by atoms with Crippen molar-refractivity contribution in [1.29, 1.82) is 0 Å². The van der Waals surface area contributed by atoms with Gasteiger partial charge in [-0.15, -0.1) is 22.7 Å². The number of hydrogen-bond acceptors (Lipinski definition) is 5. The molecule has 0 aliphatic rings. The Labute approximate surface area is 159 Å². The molecule has 132 valence electrons. The maximum absolute atomic E-state index is 12.7. The highest BCUT2D eigenvalue weighted by Gasteiger charge is 2.16. The summed E-state index contributed by atoms with van der Waals surface area (Å²) in [6, 6.07) is 10.2. The summed E-state index contributed by atoms with van der Waals surface area (Å²) < 4.78 is 0. The molecule has 4 rings (SSSR count). The van der Waals surface area contributed by atoms with Crippen molar-refractivity contribution >= 4 is 38.6 Å². The first-order valence-corrected chi connectivity index (χ1v) is 10.2. The molecule has 1 atom stereocenters. The highest BCUT2D eigenvalue weighted by atomic mass is 32.1. The van der Waals surface area contributed by atoms with Gasteiger partial charge < -0.3 is 10.3 Å². The second-order valence-corrected chi connectivity index (χ2v) is 8.23. The van der Waals surface area contributed by atoms with Gasteiger partial charge in [0.2, 0.25) is 0 Å². The molecule has 0 unspecified atom stereocenters. The van der Waals surface area contributed by atoms with Gasteiger partial charge in [0, 0.05) is 21.5 Å². The number of fused-ring (bicyclic) bond motifs is 1. The lowest BCUT2D eigenvalue weighted by atomic mass is 10.1. The fourth-order valence-corrected chi connectivity index (χ4v) is 4.70. The van der Waals surface area contributed by atoms with Crippen LogP contribution < -0.4 is 10.9 Å². The molecule has 0 aliphatic heterocycles. The molecule has 0 bridgehead atoms. The van der Waals surface area contributed by atoms with Crippen LogP contribution in [0.2, 0.25) is 0 Å². The van der Waals surface area contributed by atoms with Crippen LogP contribution in [0.3, 0.4) is 0 Å². The van der Waals surface area contributed by atoms with E-state index in [1.807, 2.05) is 29.8 Å². The summed E-state index contributed by atoms with van der Waals surface area (Å²) in [6.07, 6.45) is 0. The lowest BCUT2D eigenvalue weighted by molar-refractivity contribution is 0.792. The summed E-state index contributed by atoms with van der Waals surface area (Å²) in [7, 11) is 0. The van der Waals surface area contributed by atoms with Crippen LogP contribution in [0.25, 0.3) is 20.7 Å². The second-order valence-electron chi connectivity index (χ2n) is 6.42. The lowest BCUT2D eigenvalue weighted by Gasteiger charge is -2.15. The fraction of sp³-hybridized carbons (Fsp3) is 0.200. The van der Waals surface area contributed by atoms with Crippen LogP contribution in [-0.2, 0) is 0 Å². The van der Waals surface area contributed by atoms with Gasteiger partial charge in [-0.25, -0.2) is 4.98 Å². The van der Waals surface area contributed by atoms with E-state index in [0.29, 0.717) is 11.2 Å². The van der Waals surface area contributed by atoms with E-state index in [-0.39, 0.29) is 11.6 Å². The quantitative estimate of drug-likeness (QED) is 0.490. The summed E-state index contributed by atoms with van der Waals surface area (Å²) >= 11 is 3.15. The average molecular weight is 382 g/mol. The summed E-state index contributed by atoms with van der Waals surface area (Å²) in [4.78, 5) is 22.3. The molecule has 2 N–H and O–H groups in total. The van der Waals surface area contributed by atoms with Crippen molar-refractivity contribution in [3.05, 3.63) is 68.4 Å². The number of nitrogens with one attached hydrogen (secondary N) is 2. The zero-order valence-corrected chi connectivity index (χ0v) is 16.4. The van der Waals surface area contributed by atoms with E-state index in [2.05, 4.69) is 42.3 Å². The number of rotatable bonds is 4. The molecule has 4 aromatic rings. The Bertz CT molecular complexity index is 1130. The number of nitrogens with zero attached hydrogens (tertiary/aromatic N) is 1. The van der Waals surface area contributed by atoms with Gasteiger partial charge in [-0.05, 0) is 55.5 Å². The standard InChI is InChI=1S/C20H19N3OS2/c1-11-6-7-14(9-12(11)2)21-13(3)18-22-19(24)17-15(10-26-20(17)23-18)16-5-4-8-25-16/h4-10,13,21H,1-3H3,(H,22,23,24)/t13-/m1/s1. The largest absolute Gasteiger partial charge is 0.375 e. The molecule has 26 heavy (non-hydrogen) atoms. The third-order valence-electron chi connectivity index (χ3n) is 4.55. The smallest absolute Gasteiger partial charge is 0.260 e. The van der Waals surface area contributed by atoms with E-state index in [0.717, 1.165) is 21.0 Å². The Morgan fingerprint density at radius 1 is 1.15 bits per heavy atom. The van der Waals surface area contributed by atoms with Crippen molar-refractivity contribution in [3.8, 4) is 10.4 Å². The minimum Gasteiger partial charge on any atom is -0.375 e. The Hall–Kier alpha value is -2.44. The fourth-order valence-electron chi connectivity index (χ4n) is 2.93. The molecule has 3 aromatic heterocycles. The summed E-state index contributed by atoms with van der Waals surface area (Å²) in [6.45, 7) is 6.19. The molecule has 4 nitrogen and oxygen atoms in total. The van der Waals surface area contributed by atoms with Crippen molar-refractivity contribution < 1.29 is 0 Å². The Morgan fingerprint density at radius 2 is 2.00 bits per heavy atom. The monoisotopic (exact) mass is 381 g/mol. The Kier molecular flexibility index (Phi) is 4.38. The molecule has 0 radical (unpaired) electrons. The number of aromatic nitrogens is 2. The van der Waals surface area contributed by atoms with Crippen molar-refractivity contribution in [2.24, 2.45) is 0 Å². The molecular weight excluding hydrogens is 362 g/mol. The van der Waals surface area contributed by atoms with Gasteiger partial charge in [-0.1, -0.05) is 12.1 Å². The zero-order valence-electron chi connectivity index (χ0n) is 14.8. The molecule has 1 aromatic carbocycles. The number of thiophene rings is 2. The predicted octanol–water partition coefficient (Wildman–Crippen LogP) is 5.50. The summed E-state index contributed by atoms with van der Waals surface area (Å²) in [5.74, 6) is 0.653. The number of hydrogen-bond donors (Lipinski definition) is 2. The van der Waals surface area contributed by atoms with Gasteiger partial charge in [-0.3, -0.25) is 4.79 Å². The molecule has 3 heterocycles. The van der Waals surface area contributed by atoms with Crippen molar-refractivity contribution in [2.75, 3.05) is 5.32 Å². The molecule has 0 aliphatic carbocycles. The van der Waals surface area contributed by atoms with E-state index in [1.54, 1.807) is 11.3 Å². The molecule has 0 spiro atoms. The van der Waals surface area contributed by atoms with E-state index in [4.69, 9.17) is 4.98 Å². The molecule has 0 saturated heterocycles. The topological polar surface area (TPSA) is 57.8 Å². The zero-order chi connectivity index (χ0) is 18.3. The molecule has 0 fully saturated rings. The number of benzene rings is 1. The van der Waals surface area contributed by atoms with Crippen LogP contribution >= 0.6 is 22.7 Å². The average Bonchev–Trinajstić information content (AvgIpc) is 3.27. The van der Waals surface area contributed by atoms with Crippen LogP contribution in [-0.4, -0.2) is 9.97 Å². The van der Waals surface area contributed by atoms with Crippen molar-refractivity contribution in [3.63, 3.8) is 0 Å². The lowest BCUT2D eigenvalue weighted by Crippen LogP contribution is -2.17. The molecule has 6 heteroatoms. The Balaban J connectivity index is 1.69. The molecular formula is C20H19N3OS2. The maximum Gasteiger partial charge on any atom is 0.260 e. The number of H-pyrrole nitrogens is 1. The Morgan fingerprint density at radius 3 is 2.73 bits per heavy atom. The van der Waals surface area contributed by atoms with E-state index < -0.39 is 0 Å². The highest BCUT2D eigenvalue weighted by Crippen LogP contribution is 2.33. The second kappa shape index (κ2) is 6.70. The number of anilines is 1. The van der Waals surface area contributed by atoms with Gasteiger partial charge in [0.25, 0.3) is 5.56 Å². The summed E-state index contributed by atoms with van der Waals surface area (Å²) in [5, 5.41) is 8.14. The van der Waals surface area contributed by atoms with Crippen LogP contribution in [0, 0.1) is 13.8 Å². The minimum absolute atomic E-state index is 0.0802. The highest BCUT2D eigenvalue weighted by molar-refractivity contribution is 7.18. The summed E-state index contributed by atoms with van der Waals surface area (Å²) in [5.41, 5.74) is 4.40. The maximum atomic E-state index is 12.7. The number of aryl methyl sites for hydroxylation is 2. The van der Waals surface area contributed by atoms with Crippen LogP contribution in [0.1, 0.15) is 29.9 Å². The van der Waals surface area contributed by atoms with Crippen LogP contribution in [0.5, 0.6) is 0 Å². The van der Waals surface area contributed by atoms with E-state index in [9.17, 15) is 4.79 Å². The SMILES string of the molecule is Cc1ccc(N[C@H](C)c2nc3scc(-c4cccs4)c3c(=O)[nH]2)cc1C. The van der Waals surface area contributed by atoms with Crippen LogP contribution in [0.4, 0.5) is 5.69 Å². The van der Waals surface area contributed by atoms with E-state index >= 15 is 0 Å². The number of aromatic amines is 1. The third kappa shape index (κ3) is 3.06. The predicted molar refractivity (Wildman–Crippen MR) is 112 cm³/mol. The van der Waals surface area contributed by atoms with Crippen LogP contribution in [0.15, 0.2) is 45.9 Å². The minimum atomic E-state index is -0.0958. The van der Waals surface area contributed by atoms with Crippen molar-refractivity contribution in [1.82, 2.24) is 9.97 Å². The van der Waals surface area contributed by atoms with Gasteiger partial charge in [0.05, 0.1) is 11.4 Å². The molecule has 0 saturated carbocycles. The third-order valence-corrected chi connectivity index (χ3v) is 6.32. The molecule has 0 amide bonds.